The Bertz CT molecular complexity index is 409. The van der Waals surface area contributed by atoms with Crippen LogP contribution >= 0.6 is 0 Å². The third-order valence-electron chi connectivity index (χ3n) is 3.40. The van der Waals surface area contributed by atoms with Gasteiger partial charge < -0.3 is 20.1 Å². The first-order valence-corrected chi connectivity index (χ1v) is 6.42. The lowest BCUT2D eigenvalue weighted by molar-refractivity contribution is 0.184. The van der Waals surface area contributed by atoms with Crippen LogP contribution in [0.1, 0.15) is 12.5 Å². The van der Waals surface area contributed by atoms with Crippen molar-refractivity contribution in [1.82, 2.24) is 5.32 Å². The van der Waals surface area contributed by atoms with Gasteiger partial charge in [0.2, 0.25) is 0 Å². The van der Waals surface area contributed by atoms with Crippen molar-refractivity contribution in [3.63, 3.8) is 0 Å². The number of anilines is 1. The summed E-state index contributed by atoms with van der Waals surface area (Å²) in [4.78, 5) is 2.22. The third kappa shape index (κ3) is 2.76. The molecule has 2 rings (SSSR count). The topological polar surface area (TPSA) is 44.7 Å². The number of benzene rings is 1. The van der Waals surface area contributed by atoms with Crippen LogP contribution < -0.4 is 15.0 Å². The van der Waals surface area contributed by atoms with Crippen LogP contribution in [-0.2, 0) is 0 Å². The highest BCUT2D eigenvalue weighted by Gasteiger charge is 2.24. The van der Waals surface area contributed by atoms with Crippen molar-refractivity contribution in [2.75, 3.05) is 31.6 Å². The van der Waals surface area contributed by atoms with Crippen LogP contribution in [0.5, 0.6) is 5.75 Å². The molecule has 1 aliphatic rings. The largest absolute Gasteiger partial charge is 0.495 e. The molecule has 1 aromatic carbocycles. The zero-order valence-corrected chi connectivity index (χ0v) is 11.3. The van der Waals surface area contributed by atoms with Gasteiger partial charge in [-0.1, -0.05) is 6.07 Å². The monoisotopic (exact) mass is 250 g/mol. The van der Waals surface area contributed by atoms with Crippen LogP contribution in [0.25, 0.3) is 0 Å². The highest BCUT2D eigenvalue weighted by molar-refractivity contribution is 5.61. The van der Waals surface area contributed by atoms with E-state index < -0.39 is 0 Å². The summed E-state index contributed by atoms with van der Waals surface area (Å²) in [7, 11) is 1.69. The molecule has 0 aliphatic carbocycles. The lowest BCUT2D eigenvalue weighted by Crippen LogP contribution is -2.39. The van der Waals surface area contributed by atoms with Gasteiger partial charge in [-0.25, -0.2) is 0 Å². The van der Waals surface area contributed by atoms with Crippen LogP contribution in [0.2, 0.25) is 0 Å². The average molecular weight is 250 g/mol. The maximum atomic E-state index is 9.93. The minimum Gasteiger partial charge on any atom is -0.495 e. The third-order valence-corrected chi connectivity index (χ3v) is 3.40. The van der Waals surface area contributed by atoms with Gasteiger partial charge in [0, 0.05) is 25.7 Å². The quantitative estimate of drug-likeness (QED) is 0.827. The van der Waals surface area contributed by atoms with Crippen molar-refractivity contribution in [2.45, 2.75) is 26.0 Å². The molecule has 1 aliphatic heterocycles. The molecule has 4 nitrogen and oxygen atoms in total. The molecule has 1 heterocycles. The van der Waals surface area contributed by atoms with E-state index in [1.165, 1.54) is 5.56 Å². The lowest BCUT2D eigenvalue weighted by Gasteiger charge is -2.31. The molecule has 0 spiro atoms. The van der Waals surface area contributed by atoms with Gasteiger partial charge in [-0.2, -0.15) is 0 Å². The molecule has 0 saturated carbocycles. The van der Waals surface area contributed by atoms with Crippen LogP contribution in [0.3, 0.4) is 0 Å². The first-order chi connectivity index (χ1) is 8.61. The standard InChI is InChI=1S/C14H22N2O2/c1-10-4-5-14(18-3)13(6-10)16-9-12(17)8-15-7-11(16)2/h4-6,11-12,15,17H,7-9H2,1-3H3. The number of methoxy groups -OCH3 is 1. The fourth-order valence-electron chi connectivity index (χ4n) is 2.40. The number of aryl methyl sites for hydroxylation is 1. The number of aliphatic hydroxyl groups is 1. The number of hydrogen-bond donors (Lipinski definition) is 2. The zero-order valence-electron chi connectivity index (χ0n) is 11.3. The number of ether oxygens (including phenoxy) is 1. The Hall–Kier alpha value is -1.26. The Balaban J connectivity index is 2.35. The van der Waals surface area contributed by atoms with E-state index in [9.17, 15) is 5.11 Å². The number of hydrogen-bond acceptors (Lipinski definition) is 4. The van der Waals surface area contributed by atoms with Gasteiger partial charge >= 0.3 is 0 Å². The van der Waals surface area contributed by atoms with Crippen molar-refractivity contribution in [3.05, 3.63) is 23.8 Å². The van der Waals surface area contributed by atoms with Crippen molar-refractivity contribution in [1.29, 1.82) is 0 Å². The predicted molar refractivity (Wildman–Crippen MR) is 73.4 cm³/mol. The second-order valence-corrected chi connectivity index (χ2v) is 4.99. The first-order valence-electron chi connectivity index (χ1n) is 6.42. The molecule has 100 valence electrons. The minimum absolute atomic E-state index is 0.331. The Morgan fingerprint density at radius 2 is 2.17 bits per heavy atom. The maximum Gasteiger partial charge on any atom is 0.142 e. The van der Waals surface area contributed by atoms with Crippen molar-refractivity contribution < 1.29 is 9.84 Å². The van der Waals surface area contributed by atoms with Crippen molar-refractivity contribution >= 4 is 5.69 Å². The Labute approximate surface area is 109 Å². The summed E-state index contributed by atoms with van der Waals surface area (Å²) in [6.45, 7) is 6.38. The number of aliphatic hydroxyl groups excluding tert-OH is 1. The predicted octanol–water partition coefficient (Wildman–Crippen LogP) is 1.16. The van der Waals surface area contributed by atoms with Crippen molar-refractivity contribution in [2.24, 2.45) is 0 Å². The highest BCUT2D eigenvalue weighted by atomic mass is 16.5. The van der Waals surface area contributed by atoms with E-state index >= 15 is 0 Å². The summed E-state index contributed by atoms with van der Waals surface area (Å²) in [5.41, 5.74) is 2.26. The smallest absolute Gasteiger partial charge is 0.142 e. The number of rotatable bonds is 2. The highest BCUT2D eigenvalue weighted by Crippen LogP contribution is 2.31. The molecule has 0 aromatic heterocycles. The van der Waals surface area contributed by atoms with E-state index in [0.29, 0.717) is 19.1 Å². The summed E-state index contributed by atoms with van der Waals surface area (Å²) >= 11 is 0. The molecule has 1 aromatic rings. The second-order valence-electron chi connectivity index (χ2n) is 4.99. The molecule has 0 amide bonds. The first kappa shape index (κ1) is 13.2. The molecular formula is C14H22N2O2. The molecule has 2 N–H and O–H groups in total. The molecule has 4 heteroatoms. The summed E-state index contributed by atoms with van der Waals surface area (Å²) in [5, 5.41) is 13.2. The summed E-state index contributed by atoms with van der Waals surface area (Å²) in [6.07, 6.45) is -0.347. The van der Waals surface area contributed by atoms with E-state index in [1.54, 1.807) is 7.11 Å². The fraction of sp³-hybridized carbons (Fsp3) is 0.571. The van der Waals surface area contributed by atoms with E-state index in [4.69, 9.17) is 4.74 Å². The second kappa shape index (κ2) is 5.59. The summed E-state index contributed by atoms with van der Waals surface area (Å²) in [5.74, 6) is 0.863. The Morgan fingerprint density at radius 1 is 1.39 bits per heavy atom. The van der Waals surface area contributed by atoms with Gasteiger partial charge in [-0.15, -0.1) is 0 Å². The van der Waals surface area contributed by atoms with E-state index in [-0.39, 0.29) is 6.10 Å². The molecular weight excluding hydrogens is 228 g/mol. The molecule has 0 radical (unpaired) electrons. The zero-order chi connectivity index (χ0) is 13.1. The normalized spacial score (nSPS) is 24.8. The number of nitrogens with zero attached hydrogens (tertiary/aromatic N) is 1. The number of β-amino-alcohol motifs (C(OH)–C–C–N with tert-alkyl or cyclic N) is 1. The lowest BCUT2D eigenvalue weighted by atomic mass is 10.1. The van der Waals surface area contributed by atoms with Crippen LogP contribution in [0.15, 0.2) is 18.2 Å². The average Bonchev–Trinajstić information content (AvgIpc) is 2.51. The summed E-state index contributed by atoms with van der Waals surface area (Å²) in [6, 6.07) is 6.48. The van der Waals surface area contributed by atoms with Crippen LogP contribution in [0, 0.1) is 6.92 Å². The van der Waals surface area contributed by atoms with Gasteiger partial charge in [-0.3, -0.25) is 0 Å². The van der Waals surface area contributed by atoms with Crippen LogP contribution in [0.4, 0.5) is 5.69 Å². The van der Waals surface area contributed by atoms with Gasteiger partial charge in [0.1, 0.15) is 5.75 Å². The van der Waals surface area contributed by atoms with Gasteiger partial charge in [-0.05, 0) is 31.5 Å². The SMILES string of the molecule is COc1ccc(C)cc1N1CC(O)CNCC1C. The molecule has 18 heavy (non-hydrogen) atoms. The molecule has 2 atom stereocenters. The molecule has 0 bridgehead atoms. The van der Waals surface area contributed by atoms with Crippen molar-refractivity contribution in [3.8, 4) is 5.75 Å². The van der Waals surface area contributed by atoms with E-state index in [2.05, 4.69) is 30.1 Å². The van der Waals surface area contributed by atoms with Gasteiger partial charge in [0.15, 0.2) is 0 Å². The van der Waals surface area contributed by atoms with Gasteiger partial charge in [0.25, 0.3) is 0 Å². The Morgan fingerprint density at radius 3 is 2.89 bits per heavy atom. The molecule has 1 saturated heterocycles. The van der Waals surface area contributed by atoms with Crippen LogP contribution in [-0.4, -0.2) is 44.0 Å². The Kier molecular flexibility index (Phi) is 4.09. The van der Waals surface area contributed by atoms with E-state index in [1.807, 2.05) is 12.1 Å². The minimum atomic E-state index is -0.347. The maximum absolute atomic E-state index is 9.93. The molecule has 2 unspecified atom stereocenters. The summed E-state index contributed by atoms with van der Waals surface area (Å²) < 4.78 is 5.43. The van der Waals surface area contributed by atoms with Gasteiger partial charge in [0.05, 0.1) is 18.9 Å². The fourth-order valence-corrected chi connectivity index (χ4v) is 2.40. The van der Waals surface area contributed by atoms with E-state index in [0.717, 1.165) is 18.0 Å². The number of nitrogens with one attached hydrogen (secondary N) is 1. The molecule has 1 fully saturated rings.